The fraction of sp³-hybridized carbons (Fsp3) is 1.00. The van der Waals surface area contributed by atoms with E-state index in [1.165, 1.54) is 0 Å². The Balaban J connectivity index is 6.34. The molecule has 0 aliphatic heterocycles. The van der Waals surface area contributed by atoms with Crippen molar-refractivity contribution in [3.63, 3.8) is 0 Å². The van der Waals surface area contributed by atoms with Gasteiger partial charge in [-0.15, -0.1) is 0 Å². The van der Waals surface area contributed by atoms with Gasteiger partial charge in [-0.2, -0.15) is 0 Å². The monoisotopic (exact) mass is 440 g/mol. The molecule has 0 aromatic heterocycles. The normalized spacial score (nSPS) is 18.0. The van der Waals surface area contributed by atoms with Crippen molar-refractivity contribution in [2.24, 2.45) is 5.41 Å². The highest BCUT2D eigenvalue weighted by molar-refractivity contribution is 6.65. The van der Waals surface area contributed by atoms with Crippen molar-refractivity contribution in [3.05, 3.63) is 0 Å². The Labute approximate surface area is 125 Å². The minimum absolute atomic E-state index is 3.12. The van der Waals surface area contributed by atoms with E-state index in [1.54, 1.807) is 0 Å². The smallest absolute Gasteiger partial charge is 0.387 e. The third-order valence-corrected chi connectivity index (χ3v) is 7.28. The lowest BCUT2D eigenvalue weighted by molar-refractivity contribution is -0.0169. The van der Waals surface area contributed by atoms with Crippen LogP contribution in [0.1, 0.15) is 0 Å². The predicted molar refractivity (Wildman–Crippen MR) is 60.4 cm³/mol. The first-order chi connectivity index (χ1) is 9.72. The van der Waals surface area contributed by atoms with Crippen molar-refractivity contribution in [3.8, 4) is 0 Å². The van der Waals surface area contributed by atoms with Gasteiger partial charge in [-0.05, 0) is 0 Å². The molecule has 0 radical (unpaired) electrons. The molecule has 0 heterocycles. The van der Waals surface area contributed by atoms with Gasteiger partial charge in [0.15, 0.2) is 0 Å². The average Bonchev–Trinajstić information content (AvgIpc) is 2.19. The van der Waals surface area contributed by atoms with Crippen molar-refractivity contribution in [1.82, 2.24) is 0 Å². The third-order valence-electron chi connectivity index (χ3n) is 2.77. The second kappa shape index (κ2) is 6.69. The number of rotatable bonds is 8. The molecule has 2 unspecified atom stereocenters. The number of halogens is 12. The molecule has 18 heteroatoms. The Morgan fingerprint density at radius 1 is 0.565 bits per heavy atom. The molecule has 140 valence electrons. The van der Waals surface area contributed by atoms with Crippen molar-refractivity contribution >= 4 is 36.3 Å². The Hall–Kier alpha value is -0.0525. The van der Waals surface area contributed by atoms with Crippen LogP contribution in [0.2, 0.25) is 12.1 Å². The summed E-state index contributed by atoms with van der Waals surface area (Å²) in [6.07, 6.45) is 0. The second-order valence-electron chi connectivity index (χ2n) is 4.71. The summed E-state index contributed by atoms with van der Waals surface area (Å²) in [6, 6.07) is -6.23. The van der Waals surface area contributed by atoms with Crippen LogP contribution in [0.5, 0.6) is 0 Å². The maximum Gasteiger partial charge on any atom is 0.647 e. The maximum absolute atomic E-state index is 12.6. The second-order valence-corrected chi connectivity index (χ2v) is 11.1. The Morgan fingerprint density at radius 2 is 0.783 bits per heavy atom. The van der Waals surface area contributed by atoms with Gasteiger partial charge in [0, 0.05) is 17.5 Å². The fourth-order valence-corrected chi connectivity index (χ4v) is 7.77. The molecule has 0 saturated heterocycles. The molecule has 0 saturated carbocycles. The van der Waals surface area contributed by atoms with E-state index >= 15 is 0 Å². The summed E-state index contributed by atoms with van der Waals surface area (Å²) < 4.78 is 150. The highest BCUT2D eigenvalue weighted by Gasteiger charge is 2.73. The van der Waals surface area contributed by atoms with E-state index in [4.69, 9.17) is 10.2 Å². The standard InChI is InChI=1S/C5H8F12O2Si4/c6-20(7,8)1-5(2-21(9,10)11,3(18)22(12,13)14)4(19)23(15,16)17/h3-4,18-19H,1-2H2. The minimum Gasteiger partial charge on any atom is -0.387 e. The van der Waals surface area contributed by atoms with E-state index in [1.807, 2.05) is 0 Å². The fourth-order valence-electron chi connectivity index (χ4n) is 2.00. The summed E-state index contributed by atoms with van der Waals surface area (Å²) in [7, 11) is -30.4. The summed E-state index contributed by atoms with van der Waals surface area (Å²) in [5.41, 5.74) is -13.8. The first-order valence-corrected chi connectivity index (χ1v) is 12.5. The molecule has 2 atom stereocenters. The first-order valence-electron chi connectivity index (χ1n) is 5.35. The van der Waals surface area contributed by atoms with E-state index in [2.05, 4.69) is 0 Å². The number of aliphatic hydroxyl groups excluding tert-OH is 2. The Bertz CT molecular complexity index is 360. The third kappa shape index (κ3) is 6.76. The van der Waals surface area contributed by atoms with Crippen LogP contribution in [0.15, 0.2) is 0 Å². The summed E-state index contributed by atoms with van der Waals surface area (Å²) in [6.45, 7) is 0. The van der Waals surface area contributed by atoms with Gasteiger partial charge in [0.2, 0.25) is 0 Å². The molecule has 2 nitrogen and oxygen atoms in total. The topological polar surface area (TPSA) is 40.5 Å². The van der Waals surface area contributed by atoms with E-state index in [-0.39, 0.29) is 0 Å². The molecule has 2 N–H and O–H groups in total. The van der Waals surface area contributed by atoms with Crippen LogP contribution in [0, 0.1) is 5.41 Å². The molecule has 0 spiro atoms. The van der Waals surface area contributed by atoms with Gasteiger partial charge >= 0.3 is 36.3 Å². The van der Waals surface area contributed by atoms with Gasteiger partial charge in [0.25, 0.3) is 0 Å². The molecule has 0 rings (SSSR count). The molecule has 0 aliphatic carbocycles. The molecule has 0 aromatic rings. The summed E-state index contributed by atoms with van der Waals surface area (Å²) in [5.74, 6) is 0. The average molecular weight is 440 g/mol. The van der Waals surface area contributed by atoms with Crippen LogP contribution in [0.4, 0.5) is 49.3 Å². The molecular formula is C5H8F12O2Si4. The lowest BCUT2D eigenvalue weighted by Crippen LogP contribution is -2.63. The van der Waals surface area contributed by atoms with Gasteiger partial charge < -0.3 is 10.2 Å². The van der Waals surface area contributed by atoms with Crippen LogP contribution < -0.4 is 0 Å². The highest BCUT2D eigenvalue weighted by Crippen LogP contribution is 2.51. The number of hydrogen-bond donors (Lipinski definition) is 2. The van der Waals surface area contributed by atoms with Crippen LogP contribution in [0.25, 0.3) is 0 Å². The van der Waals surface area contributed by atoms with Gasteiger partial charge in [-0.3, -0.25) is 0 Å². The van der Waals surface area contributed by atoms with Gasteiger partial charge in [-0.1, -0.05) is 0 Å². The van der Waals surface area contributed by atoms with Crippen LogP contribution in [-0.4, -0.2) is 58.0 Å². The summed E-state index contributed by atoms with van der Waals surface area (Å²) >= 11 is 0. The van der Waals surface area contributed by atoms with E-state index < -0.39 is 65.3 Å². The van der Waals surface area contributed by atoms with Gasteiger partial charge in [0.1, 0.15) is 11.5 Å². The molecule has 0 bridgehead atoms. The van der Waals surface area contributed by atoms with E-state index in [0.29, 0.717) is 0 Å². The zero-order valence-corrected chi connectivity index (χ0v) is 14.5. The van der Waals surface area contributed by atoms with Crippen molar-refractivity contribution in [2.75, 3.05) is 0 Å². The van der Waals surface area contributed by atoms with Crippen molar-refractivity contribution in [1.29, 1.82) is 0 Å². The lowest BCUT2D eigenvalue weighted by Gasteiger charge is -2.41. The van der Waals surface area contributed by atoms with Crippen LogP contribution in [-0.2, 0) is 0 Å². The largest absolute Gasteiger partial charge is 0.647 e. The summed E-state index contributed by atoms with van der Waals surface area (Å²) in [4.78, 5) is 0. The SMILES string of the molecule is OC(C(C[Si](F)(F)F)(C[Si](F)(F)F)C(O)[Si](F)(F)F)[Si](F)(F)F. The van der Waals surface area contributed by atoms with Gasteiger partial charge in [0.05, 0.1) is 0 Å². The minimum atomic E-state index is -7.77. The molecule has 23 heavy (non-hydrogen) atoms. The van der Waals surface area contributed by atoms with Crippen LogP contribution in [0.3, 0.4) is 0 Å². The van der Waals surface area contributed by atoms with Gasteiger partial charge in [-0.25, -0.2) is 49.3 Å². The Morgan fingerprint density at radius 3 is 0.913 bits per heavy atom. The molecule has 0 aromatic carbocycles. The molecule has 0 amide bonds. The maximum atomic E-state index is 12.6. The predicted octanol–water partition coefficient (Wildman–Crippen LogP) is 3.16. The quantitative estimate of drug-likeness (QED) is 0.346. The van der Waals surface area contributed by atoms with Crippen molar-refractivity contribution < 1.29 is 59.5 Å². The zero-order valence-electron chi connectivity index (χ0n) is 10.5. The zero-order chi connectivity index (χ0) is 19.1. The Kier molecular flexibility index (Phi) is 6.67. The number of aliphatic hydroxyl groups is 2. The van der Waals surface area contributed by atoms with Crippen LogP contribution >= 0.6 is 0 Å². The first kappa shape index (κ1) is 22.9. The number of hydrogen-bond acceptors (Lipinski definition) is 2. The molecule has 0 aliphatic rings. The molecular weight excluding hydrogens is 432 g/mol. The summed E-state index contributed by atoms with van der Waals surface area (Å²) in [5, 5.41) is 17.8. The molecule has 0 fully saturated rings. The van der Waals surface area contributed by atoms with Crippen molar-refractivity contribution in [2.45, 2.75) is 23.5 Å². The van der Waals surface area contributed by atoms with E-state index in [0.717, 1.165) is 0 Å². The lowest BCUT2D eigenvalue weighted by atomic mass is 9.94. The highest BCUT2D eigenvalue weighted by atomic mass is 28.5. The van der Waals surface area contributed by atoms with E-state index in [9.17, 15) is 49.3 Å².